The van der Waals surface area contributed by atoms with E-state index in [4.69, 9.17) is 0 Å². The van der Waals surface area contributed by atoms with Crippen LogP contribution in [0.4, 0.5) is 0 Å². The maximum Gasteiger partial charge on any atom is 0.273 e. The van der Waals surface area contributed by atoms with Crippen molar-refractivity contribution in [3.8, 4) is 11.3 Å². The van der Waals surface area contributed by atoms with Crippen molar-refractivity contribution in [3.05, 3.63) is 112 Å². The van der Waals surface area contributed by atoms with Gasteiger partial charge in [-0.3, -0.25) is 9.89 Å². The monoisotopic (exact) mass is 421 g/mol. The Labute approximate surface area is 188 Å². The highest BCUT2D eigenvalue weighted by molar-refractivity contribution is 6.00. The van der Waals surface area contributed by atoms with Gasteiger partial charge in [-0.1, -0.05) is 98.3 Å². The first-order chi connectivity index (χ1) is 15.5. The largest absolute Gasteiger partial charge is 0.322 e. The number of hydrogen-bond acceptors (Lipinski definition) is 2. The summed E-state index contributed by atoms with van der Waals surface area (Å²) in [5.74, 6) is 0.454. The van der Waals surface area contributed by atoms with Crippen molar-refractivity contribution in [1.82, 2.24) is 15.1 Å². The molecule has 0 radical (unpaired) electrons. The minimum absolute atomic E-state index is 0.00680. The highest BCUT2D eigenvalue weighted by atomic mass is 16.2. The Morgan fingerprint density at radius 2 is 1.62 bits per heavy atom. The molecule has 1 unspecified atom stereocenters. The van der Waals surface area contributed by atoms with E-state index >= 15 is 0 Å². The van der Waals surface area contributed by atoms with E-state index in [1.807, 2.05) is 23.1 Å². The molecule has 2 heterocycles. The summed E-state index contributed by atoms with van der Waals surface area (Å²) in [5.41, 5.74) is 8.13. The van der Waals surface area contributed by atoms with Gasteiger partial charge in [-0.05, 0) is 29.5 Å². The molecule has 1 aliphatic rings. The third-order valence-corrected chi connectivity index (χ3v) is 6.30. The quantitative estimate of drug-likeness (QED) is 0.414. The van der Waals surface area contributed by atoms with Gasteiger partial charge in [-0.25, -0.2) is 0 Å². The van der Waals surface area contributed by atoms with E-state index in [1.165, 1.54) is 11.1 Å². The summed E-state index contributed by atoms with van der Waals surface area (Å²) in [6.07, 6.45) is 0. The van der Waals surface area contributed by atoms with Crippen LogP contribution >= 0.6 is 0 Å². The zero-order chi connectivity index (χ0) is 22.2. The first-order valence-electron chi connectivity index (χ1n) is 11.1. The predicted octanol–water partition coefficient (Wildman–Crippen LogP) is 6.25. The predicted molar refractivity (Wildman–Crippen MR) is 127 cm³/mol. The second kappa shape index (κ2) is 8.12. The molecular weight excluding hydrogens is 394 g/mol. The zero-order valence-corrected chi connectivity index (χ0v) is 18.7. The van der Waals surface area contributed by atoms with E-state index in [9.17, 15) is 4.79 Å². The number of amides is 1. The summed E-state index contributed by atoms with van der Waals surface area (Å²) in [7, 11) is 0. The van der Waals surface area contributed by atoms with Crippen molar-refractivity contribution >= 4 is 5.91 Å². The number of aryl methyl sites for hydroxylation is 1. The number of H-pyrrole nitrogens is 1. The number of nitrogens with one attached hydrogen (secondary N) is 1. The van der Waals surface area contributed by atoms with Crippen LogP contribution in [0.15, 0.2) is 78.9 Å². The molecule has 1 aliphatic heterocycles. The fourth-order valence-electron chi connectivity index (χ4n) is 4.48. The van der Waals surface area contributed by atoms with Crippen LogP contribution in [0.25, 0.3) is 11.3 Å². The fourth-order valence-corrected chi connectivity index (χ4v) is 4.48. The number of carbonyl (C=O) groups excluding carboxylic acids is 1. The van der Waals surface area contributed by atoms with Crippen molar-refractivity contribution in [2.45, 2.75) is 39.3 Å². The lowest BCUT2D eigenvalue weighted by Crippen LogP contribution is -2.29. The van der Waals surface area contributed by atoms with Gasteiger partial charge in [0.05, 0.1) is 11.7 Å². The first kappa shape index (κ1) is 20.3. The van der Waals surface area contributed by atoms with Gasteiger partial charge in [-0.15, -0.1) is 0 Å². The minimum Gasteiger partial charge on any atom is -0.322 e. The Kier molecular flexibility index (Phi) is 5.14. The average Bonchev–Trinajstić information content (AvgIpc) is 3.34. The number of aromatic amines is 1. The number of carbonyl (C=O) groups is 1. The number of benzene rings is 3. The number of aromatic nitrogens is 2. The lowest BCUT2D eigenvalue weighted by molar-refractivity contribution is 0.0730. The lowest BCUT2D eigenvalue weighted by Gasteiger charge is -2.27. The van der Waals surface area contributed by atoms with Gasteiger partial charge < -0.3 is 4.90 Å². The SMILES string of the molecule is Cc1ccc(-c2n[nH]c3c2C(c2ccc(C(C)C)cc2)N(Cc2ccccc2)C3=O)cc1. The van der Waals surface area contributed by atoms with Crippen molar-refractivity contribution in [1.29, 1.82) is 0 Å². The molecule has 0 aliphatic carbocycles. The highest BCUT2D eigenvalue weighted by Crippen LogP contribution is 2.43. The normalized spacial score (nSPS) is 15.4. The van der Waals surface area contributed by atoms with Crippen molar-refractivity contribution in [2.75, 3.05) is 0 Å². The molecule has 32 heavy (non-hydrogen) atoms. The second-order valence-electron chi connectivity index (χ2n) is 8.87. The molecule has 4 heteroatoms. The molecule has 1 aromatic heterocycles. The maximum absolute atomic E-state index is 13.5. The van der Waals surface area contributed by atoms with E-state index in [0.29, 0.717) is 18.2 Å². The summed E-state index contributed by atoms with van der Waals surface area (Å²) >= 11 is 0. The van der Waals surface area contributed by atoms with Crippen molar-refractivity contribution in [2.24, 2.45) is 0 Å². The van der Waals surface area contributed by atoms with Crippen LogP contribution in [0, 0.1) is 6.92 Å². The average molecular weight is 422 g/mol. The van der Waals surface area contributed by atoms with Gasteiger partial charge in [0.15, 0.2) is 0 Å². The van der Waals surface area contributed by atoms with E-state index in [-0.39, 0.29) is 11.9 Å². The first-order valence-corrected chi connectivity index (χ1v) is 11.1. The minimum atomic E-state index is -0.186. The Bertz CT molecular complexity index is 1240. The summed E-state index contributed by atoms with van der Waals surface area (Å²) in [6.45, 7) is 7.01. The highest BCUT2D eigenvalue weighted by Gasteiger charge is 2.42. The molecule has 1 amide bonds. The van der Waals surface area contributed by atoms with Gasteiger partial charge in [-0.2, -0.15) is 5.10 Å². The zero-order valence-electron chi connectivity index (χ0n) is 18.7. The molecule has 0 spiro atoms. The molecule has 4 aromatic rings. The van der Waals surface area contributed by atoms with Crippen LogP contribution < -0.4 is 0 Å². The molecule has 3 aromatic carbocycles. The molecule has 0 bridgehead atoms. The second-order valence-corrected chi connectivity index (χ2v) is 8.87. The van der Waals surface area contributed by atoms with Crippen LogP contribution in [-0.2, 0) is 6.54 Å². The van der Waals surface area contributed by atoms with Gasteiger partial charge in [0, 0.05) is 17.7 Å². The van der Waals surface area contributed by atoms with E-state index in [1.54, 1.807) is 0 Å². The molecule has 0 fully saturated rings. The van der Waals surface area contributed by atoms with Crippen molar-refractivity contribution < 1.29 is 4.79 Å². The molecule has 0 saturated heterocycles. The van der Waals surface area contributed by atoms with Gasteiger partial charge in [0.2, 0.25) is 0 Å². The number of nitrogens with zero attached hydrogens (tertiary/aromatic N) is 2. The van der Waals surface area contributed by atoms with Gasteiger partial charge >= 0.3 is 0 Å². The standard InChI is InChI=1S/C28H27N3O/c1-18(2)21-13-15-23(16-14-21)27-24-25(22-11-9-19(3)10-12-22)29-30-26(24)28(32)31(27)17-20-7-5-4-6-8-20/h4-16,18,27H,17H2,1-3H3,(H,29,30). The Balaban J connectivity index is 1.63. The molecule has 1 N–H and O–H groups in total. The van der Waals surface area contributed by atoms with E-state index < -0.39 is 0 Å². The summed E-state index contributed by atoms with van der Waals surface area (Å²) in [5, 5.41) is 7.63. The number of hydrogen-bond donors (Lipinski definition) is 1. The van der Waals surface area contributed by atoms with Gasteiger partial charge in [0.1, 0.15) is 5.69 Å². The molecule has 5 rings (SSSR count). The molecule has 160 valence electrons. The van der Waals surface area contributed by atoms with Crippen LogP contribution in [0.2, 0.25) is 0 Å². The van der Waals surface area contributed by atoms with Crippen LogP contribution in [0.3, 0.4) is 0 Å². The Morgan fingerprint density at radius 1 is 0.938 bits per heavy atom. The molecule has 1 atom stereocenters. The van der Waals surface area contributed by atoms with Crippen LogP contribution in [0.1, 0.15) is 64.1 Å². The van der Waals surface area contributed by atoms with Crippen LogP contribution in [-0.4, -0.2) is 21.0 Å². The Hall–Kier alpha value is -3.66. The number of fused-ring (bicyclic) bond motifs is 1. The van der Waals surface area contributed by atoms with E-state index in [2.05, 4.69) is 91.6 Å². The van der Waals surface area contributed by atoms with Gasteiger partial charge in [0.25, 0.3) is 5.91 Å². The topological polar surface area (TPSA) is 49.0 Å². The maximum atomic E-state index is 13.5. The fraction of sp³-hybridized carbons (Fsp3) is 0.214. The van der Waals surface area contributed by atoms with Crippen molar-refractivity contribution in [3.63, 3.8) is 0 Å². The summed E-state index contributed by atoms with van der Waals surface area (Å²) < 4.78 is 0. The smallest absolute Gasteiger partial charge is 0.273 e. The molecule has 0 saturated carbocycles. The van der Waals surface area contributed by atoms with E-state index in [0.717, 1.165) is 27.9 Å². The summed E-state index contributed by atoms with van der Waals surface area (Å²) in [4.78, 5) is 15.5. The van der Waals surface area contributed by atoms with Crippen LogP contribution in [0.5, 0.6) is 0 Å². The molecular formula is C28H27N3O. The summed E-state index contributed by atoms with van der Waals surface area (Å²) in [6, 6.07) is 27.0. The third-order valence-electron chi connectivity index (χ3n) is 6.30. The lowest BCUT2D eigenvalue weighted by atomic mass is 9.93. The Morgan fingerprint density at radius 3 is 2.28 bits per heavy atom. The number of rotatable bonds is 5. The molecule has 4 nitrogen and oxygen atoms in total. The third kappa shape index (κ3) is 3.52.